The smallest absolute Gasteiger partial charge is 0.352 e. The highest BCUT2D eigenvalue weighted by atomic mass is 32.1. The molecule has 0 radical (unpaired) electrons. The summed E-state index contributed by atoms with van der Waals surface area (Å²) in [7, 11) is 0. The molecule has 2 aromatic carbocycles. The highest BCUT2D eigenvalue weighted by Gasteiger charge is 2.35. The van der Waals surface area contributed by atoms with Gasteiger partial charge >= 0.3 is 23.9 Å². The van der Waals surface area contributed by atoms with Crippen molar-refractivity contribution >= 4 is 35.2 Å². The van der Waals surface area contributed by atoms with Gasteiger partial charge in [-0.05, 0) is 77.6 Å². The molecule has 0 aliphatic carbocycles. The molecule has 0 unspecified atom stereocenters. The molecule has 1 heterocycles. The number of esters is 4. The SMILES string of the molecule is CCOC(=O)c1sc(C(=O)OCC)c(OC(=O)c2c(C)cc(C)cc2C)c1OC(=O)c1c(C)cc(C)cc1C. The molecular weight excluding hydrogens is 520 g/mol. The fraction of sp³-hybridized carbons (Fsp3) is 0.333. The molecule has 0 aliphatic heterocycles. The van der Waals surface area contributed by atoms with Gasteiger partial charge in [0.2, 0.25) is 0 Å². The quantitative estimate of drug-likeness (QED) is 0.296. The zero-order valence-electron chi connectivity index (χ0n) is 23.4. The van der Waals surface area contributed by atoms with Crippen LogP contribution in [0.15, 0.2) is 24.3 Å². The van der Waals surface area contributed by atoms with E-state index < -0.39 is 23.9 Å². The zero-order chi connectivity index (χ0) is 29.0. The van der Waals surface area contributed by atoms with E-state index in [2.05, 4.69) is 0 Å². The maximum Gasteiger partial charge on any atom is 0.352 e. The van der Waals surface area contributed by atoms with Crippen LogP contribution >= 0.6 is 11.3 Å². The predicted octanol–water partition coefficient (Wildman–Crippen LogP) is 6.39. The Kier molecular flexibility index (Phi) is 9.29. The Morgan fingerprint density at radius 3 is 1.15 bits per heavy atom. The summed E-state index contributed by atoms with van der Waals surface area (Å²) in [6, 6.07) is 7.32. The van der Waals surface area contributed by atoms with E-state index in [-0.39, 0.29) is 34.5 Å². The summed E-state index contributed by atoms with van der Waals surface area (Å²) in [6.45, 7) is 14.2. The summed E-state index contributed by atoms with van der Waals surface area (Å²) in [6.07, 6.45) is 0. The zero-order valence-corrected chi connectivity index (χ0v) is 24.2. The fourth-order valence-electron chi connectivity index (χ4n) is 4.54. The van der Waals surface area contributed by atoms with Crippen LogP contribution in [0.5, 0.6) is 11.5 Å². The van der Waals surface area contributed by atoms with Crippen LogP contribution in [0, 0.1) is 41.5 Å². The van der Waals surface area contributed by atoms with Gasteiger partial charge in [-0.1, -0.05) is 35.4 Å². The van der Waals surface area contributed by atoms with Crippen LogP contribution in [0.25, 0.3) is 0 Å². The monoisotopic (exact) mass is 552 g/mol. The molecule has 3 rings (SSSR count). The van der Waals surface area contributed by atoms with Gasteiger partial charge in [-0.3, -0.25) is 0 Å². The number of hydrogen-bond acceptors (Lipinski definition) is 9. The lowest BCUT2D eigenvalue weighted by Gasteiger charge is -2.14. The largest absolute Gasteiger partial charge is 0.462 e. The second-order valence-electron chi connectivity index (χ2n) is 9.19. The average molecular weight is 553 g/mol. The molecule has 0 atom stereocenters. The molecule has 0 amide bonds. The molecule has 39 heavy (non-hydrogen) atoms. The average Bonchev–Trinajstić information content (AvgIpc) is 3.16. The summed E-state index contributed by atoms with van der Waals surface area (Å²) < 4.78 is 21.8. The van der Waals surface area contributed by atoms with E-state index in [1.54, 1.807) is 41.5 Å². The number of thiophene rings is 1. The van der Waals surface area contributed by atoms with Crippen LogP contribution in [0.2, 0.25) is 0 Å². The van der Waals surface area contributed by atoms with Crippen LogP contribution in [0.3, 0.4) is 0 Å². The Bertz CT molecular complexity index is 1310. The van der Waals surface area contributed by atoms with Crippen LogP contribution in [0.4, 0.5) is 0 Å². The molecule has 0 saturated heterocycles. The Labute approximate surface area is 231 Å². The van der Waals surface area contributed by atoms with Gasteiger partial charge in [0.15, 0.2) is 21.3 Å². The van der Waals surface area contributed by atoms with E-state index in [0.29, 0.717) is 44.7 Å². The van der Waals surface area contributed by atoms with Crippen molar-refractivity contribution in [2.75, 3.05) is 13.2 Å². The lowest BCUT2D eigenvalue weighted by molar-refractivity contribution is 0.0508. The van der Waals surface area contributed by atoms with Gasteiger partial charge in [0, 0.05) is 0 Å². The molecule has 0 spiro atoms. The lowest BCUT2D eigenvalue weighted by atomic mass is 10.00. The summed E-state index contributed by atoms with van der Waals surface area (Å²) in [5.41, 5.74) is 5.19. The van der Waals surface area contributed by atoms with E-state index in [0.717, 1.165) is 11.1 Å². The van der Waals surface area contributed by atoms with Crippen LogP contribution < -0.4 is 9.47 Å². The second kappa shape index (κ2) is 12.3. The van der Waals surface area contributed by atoms with Crippen molar-refractivity contribution < 1.29 is 38.1 Å². The first kappa shape index (κ1) is 29.6. The molecule has 1 aromatic heterocycles. The molecule has 8 nitrogen and oxygen atoms in total. The van der Waals surface area contributed by atoms with Gasteiger partial charge in [-0.2, -0.15) is 0 Å². The normalized spacial score (nSPS) is 10.7. The minimum atomic E-state index is -0.835. The molecule has 0 N–H and O–H groups in total. The first-order valence-corrected chi connectivity index (χ1v) is 13.3. The molecule has 0 fully saturated rings. The van der Waals surface area contributed by atoms with Crippen LogP contribution in [-0.4, -0.2) is 37.1 Å². The van der Waals surface area contributed by atoms with E-state index in [9.17, 15) is 19.2 Å². The third-order valence-electron chi connectivity index (χ3n) is 5.90. The number of carbonyl (C=O) groups excluding carboxylic acids is 4. The first-order valence-electron chi connectivity index (χ1n) is 12.5. The van der Waals surface area contributed by atoms with Crippen molar-refractivity contribution in [3.8, 4) is 11.5 Å². The maximum atomic E-state index is 13.4. The van der Waals surface area contributed by atoms with E-state index in [4.69, 9.17) is 18.9 Å². The second-order valence-corrected chi connectivity index (χ2v) is 10.2. The summed E-state index contributed by atoms with van der Waals surface area (Å²) in [5, 5.41) is 0. The molecule has 3 aromatic rings. The maximum absolute atomic E-state index is 13.4. The summed E-state index contributed by atoms with van der Waals surface area (Å²) >= 11 is 0.675. The first-order chi connectivity index (χ1) is 18.4. The van der Waals surface area contributed by atoms with E-state index >= 15 is 0 Å². The number of benzene rings is 2. The number of aryl methyl sites for hydroxylation is 6. The minimum absolute atomic E-state index is 0.0336. The van der Waals surface area contributed by atoms with E-state index in [1.165, 1.54) is 0 Å². The molecular formula is C30H32O8S. The lowest BCUT2D eigenvalue weighted by Crippen LogP contribution is -2.17. The van der Waals surface area contributed by atoms with E-state index in [1.807, 2.05) is 38.1 Å². The Morgan fingerprint density at radius 1 is 0.564 bits per heavy atom. The van der Waals surface area contributed by atoms with Crippen molar-refractivity contribution in [2.24, 2.45) is 0 Å². The number of hydrogen-bond donors (Lipinski definition) is 0. The van der Waals surface area contributed by atoms with Gasteiger partial charge in [0.05, 0.1) is 24.3 Å². The van der Waals surface area contributed by atoms with Gasteiger partial charge in [0.25, 0.3) is 0 Å². The van der Waals surface area contributed by atoms with Crippen molar-refractivity contribution in [3.05, 3.63) is 78.5 Å². The van der Waals surface area contributed by atoms with Gasteiger partial charge in [-0.15, -0.1) is 11.3 Å². The van der Waals surface area contributed by atoms with Crippen molar-refractivity contribution in [3.63, 3.8) is 0 Å². The van der Waals surface area contributed by atoms with Crippen molar-refractivity contribution in [2.45, 2.75) is 55.4 Å². The van der Waals surface area contributed by atoms with Gasteiger partial charge < -0.3 is 18.9 Å². The standard InChI is InChI=1S/C30H32O8S/c1-9-35-29(33)25-23(37-27(31)21-17(5)11-15(3)12-18(21)6)24(26(39-25)30(34)36-10-2)38-28(32)22-19(7)13-16(4)14-20(22)8/h11-14H,9-10H2,1-8H3. The Hall–Kier alpha value is -3.98. The molecule has 0 bridgehead atoms. The van der Waals surface area contributed by atoms with Crippen LogP contribution in [-0.2, 0) is 9.47 Å². The van der Waals surface area contributed by atoms with Crippen molar-refractivity contribution in [1.29, 1.82) is 0 Å². The Morgan fingerprint density at radius 2 is 0.872 bits per heavy atom. The number of rotatable bonds is 8. The predicted molar refractivity (Wildman–Crippen MR) is 147 cm³/mol. The Balaban J connectivity index is 2.21. The molecule has 0 aliphatic rings. The van der Waals surface area contributed by atoms with Gasteiger partial charge in [-0.25, -0.2) is 19.2 Å². The third-order valence-corrected chi connectivity index (χ3v) is 7.01. The molecule has 0 saturated carbocycles. The fourth-order valence-corrected chi connectivity index (χ4v) is 5.48. The van der Waals surface area contributed by atoms with Gasteiger partial charge in [0.1, 0.15) is 0 Å². The summed E-state index contributed by atoms with van der Waals surface area (Å²) in [5.74, 6) is -3.97. The molecule has 9 heteroatoms. The van der Waals surface area contributed by atoms with Crippen molar-refractivity contribution in [1.82, 2.24) is 0 Å². The molecule has 206 valence electrons. The number of ether oxygens (including phenoxy) is 4. The number of carbonyl (C=O) groups is 4. The third kappa shape index (κ3) is 6.37. The topological polar surface area (TPSA) is 105 Å². The minimum Gasteiger partial charge on any atom is -0.462 e. The van der Waals surface area contributed by atoms with Crippen LogP contribution in [0.1, 0.15) is 87.3 Å². The highest BCUT2D eigenvalue weighted by Crippen LogP contribution is 2.44. The highest BCUT2D eigenvalue weighted by molar-refractivity contribution is 7.16. The summed E-state index contributed by atoms with van der Waals surface area (Å²) in [4.78, 5) is 52.3.